The van der Waals surface area contributed by atoms with Crippen molar-refractivity contribution in [1.82, 2.24) is 0 Å². The molecule has 154 valence electrons. The van der Waals surface area contributed by atoms with E-state index in [2.05, 4.69) is 12.2 Å². The predicted molar refractivity (Wildman–Crippen MR) is 117 cm³/mol. The van der Waals surface area contributed by atoms with Crippen LogP contribution >= 0.6 is 0 Å². The van der Waals surface area contributed by atoms with Crippen LogP contribution in [0, 0.1) is 5.82 Å². The third-order valence-corrected chi connectivity index (χ3v) is 5.24. The van der Waals surface area contributed by atoms with Crippen molar-refractivity contribution in [1.29, 1.82) is 0 Å². The zero-order valence-electron chi connectivity index (χ0n) is 17.0. The summed E-state index contributed by atoms with van der Waals surface area (Å²) in [6, 6.07) is 21.2. The third kappa shape index (κ3) is 4.15. The maximum absolute atomic E-state index is 13.5. The molecule has 0 spiro atoms. The second-order valence-electron chi connectivity index (χ2n) is 7.37. The van der Waals surface area contributed by atoms with Crippen LogP contribution in [-0.2, 0) is 0 Å². The number of hydrogen-bond donors (Lipinski definition) is 1. The van der Waals surface area contributed by atoms with Gasteiger partial charge >= 0.3 is 0 Å². The summed E-state index contributed by atoms with van der Waals surface area (Å²) >= 11 is 0. The lowest BCUT2D eigenvalue weighted by Crippen LogP contribution is -2.43. The molecule has 5 heteroatoms. The Morgan fingerprint density at radius 2 is 1.70 bits per heavy atom. The van der Waals surface area contributed by atoms with Gasteiger partial charge in [0.1, 0.15) is 17.7 Å². The predicted octanol–water partition coefficient (Wildman–Crippen LogP) is 6.17. The van der Waals surface area contributed by atoms with Gasteiger partial charge < -0.3 is 10.1 Å². The van der Waals surface area contributed by atoms with E-state index >= 15 is 0 Å². The zero-order chi connectivity index (χ0) is 20.9. The van der Waals surface area contributed by atoms with E-state index in [9.17, 15) is 9.18 Å². The van der Waals surface area contributed by atoms with Crippen molar-refractivity contribution in [2.75, 3.05) is 16.8 Å². The number of halogens is 1. The van der Waals surface area contributed by atoms with E-state index in [1.807, 2.05) is 42.5 Å². The van der Waals surface area contributed by atoms with E-state index in [0.29, 0.717) is 17.9 Å². The number of ether oxygens (including phenoxy) is 1. The van der Waals surface area contributed by atoms with Crippen LogP contribution in [0.5, 0.6) is 5.75 Å². The van der Waals surface area contributed by atoms with Crippen LogP contribution in [0.1, 0.15) is 48.3 Å². The first kappa shape index (κ1) is 20.0. The van der Waals surface area contributed by atoms with Crippen LogP contribution in [0.2, 0.25) is 0 Å². The molecule has 1 amide bonds. The Morgan fingerprint density at radius 3 is 2.43 bits per heavy atom. The number of rotatable bonds is 7. The smallest absolute Gasteiger partial charge is 0.262 e. The molecular weight excluding hydrogens is 379 g/mol. The average molecular weight is 404 g/mol. The molecule has 0 aromatic heterocycles. The lowest BCUT2D eigenvalue weighted by Gasteiger charge is -2.38. The van der Waals surface area contributed by atoms with Gasteiger partial charge in [-0.25, -0.2) is 4.39 Å². The Bertz CT molecular complexity index is 1000. The van der Waals surface area contributed by atoms with Gasteiger partial charge in [0.15, 0.2) is 0 Å². The summed E-state index contributed by atoms with van der Waals surface area (Å²) < 4.78 is 19.3. The summed E-state index contributed by atoms with van der Waals surface area (Å²) in [5.74, 6) is 0.351. The molecule has 3 aromatic rings. The molecule has 1 N–H and O–H groups in total. The van der Waals surface area contributed by atoms with Crippen molar-refractivity contribution in [3.05, 3.63) is 89.7 Å². The molecule has 1 atom stereocenters. The highest BCUT2D eigenvalue weighted by molar-refractivity contribution is 6.12. The van der Waals surface area contributed by atoms with E-state index in [0.717, 1.165) is 36.3 Å². The molecule has 0 radical (unpaired) electrons. The minimum Gasteiger partial charge on any atom is -0.494 e. The summed E-state index contributed by atoms with van der Waals surface area (Å²) in [4.78, 5) is 15.0. The normalized spacial score (nSPS) is 15.5. The van der Waals surface area contributed by atoms with Crippen molar-refractivity contribution in [2.45, 2.75) is 32.4 Å². The molecule has 0 unspecified atom stereocenters. The summed E-state index contributed by atoms with van der Waals surface area (Å²) in [6.07, 6.45) is 2.93. The van der Waals surface area contributed by atoms with Crippen LogP contribution < -0.4 is 15.0 Å². The molecule has 1 aliphatic heterocycles. The van der Waals surface area contributed by atoms with Crippen molar-refractivity contribution in [3.63, 3.8) is 0 Å². The van der Waals surface area contributed by atoms with Gasteiger partial charge in [0, 0.05) is 11.4 Å². The van der Waals surface area contributed by atoms with E-state index in [4.69, 9.17) is 4.74 Å². The Hall–Kier alpha value is -3.34. The fourth-order valence-corrected chi connectivity index (χ4v) is 3.64. The van der Waals surface area contributed by atoms with Crippen molar-refractivity contribution in [3.8, 4) is 5.75 Å². The van der Waals surface area contributed by atoms with Gasteiger partial charge in [-0.3, -0.25) is 9.69 Å². The Morgan fingerprint density at radius 1 is 0.967 bits per heavy atom. The van der Waals surface area contributed by atoms with Crippen molar-refractivity contribution >= 4 is 17.3 Å². The van der Waals surface area contributed by atoms with Crippen molar-refractivity contribution in [2.24, 2.45) is 0 Å². The number of benzene rings is 3. The first-order chi connectivity index (χ1) is 14.7. The summed E-state index contributed by atoms with van der Waals surface area (Å²) in [5, 5.41) is 3.46. The fourth-order valence-electron chi connectivity index (χ4n) is 3.64. The van der Waals surface area contributed by atoms with E-state index in [-0.39, 0.29) is 11.7 Å². The number of carbonyl (C=O) groups excluding carboxylic acids is 1. The molecule has 0 saturated heterocycles. The van der Waals surface area contributed by atoms with Gasteiger partial charge in [0.05, 0.1) is 12.2 Å². The summed E-state index contributed by atoms with van der Waals surface area (Å²) in [7, 11) is 0. The second kappa shape index (κ2) is 8.99. The lowest BCUT2D eigenvalue weighted by atomic mass is 10.0. The first-order valence-electron chi connectivity index (χ1n) is 10.3. The van der Waals surface area contributed by atoms with Crippen LogP contribution in [-0.4, -0.2) is 12.5 Å². The Labute approximate surface area is 176 Å². The van der Waals surface area contributed by atoms with Gasteiger partial charge in [-0.15, -0.1) is 0 Å². The topological polar surface area (TPSA) is 41.6 Å². The number of fused-ring (bicyclic) bond motifs is 1. The summed E-state index contributed by atoms with van der Waals surface area (Å²) in [6.45, 7) is 2.86. The quantitative estimate of drug-likeness (QED) is 0.479. The van der Waals surface area contributed by atoms with E-state index < -0.39 is 6.17 Å². The highest BCUT2D eigenvalue weighted by atomic mass is 19.1. The average Bonchev–Trinajstić information content (AvgIpc) is 2.78. The van der Waals surface area contributed by atoms with Gasteiger partial charge in [-0.05, 0) is 60.5 Å². The van der Waals surface area contributed by atoms with Gasteiger partial charge in [0.25, 0.3) is 5.91 Å². The van der Waals surface area contributed by atoms with Gasteiger partial charge in [-0.1, -0.05) is 44.0 Å². The molecule has 0 saturated carbocycles. The number of para-hydroxylation sites is 1. The maximum atomic E-state index is 13.5. The fraction of sp³-hybridized carbons (Fsp3) is 0.240. The number of carbonyl (C=O) groups is 1. The van der Waals surface area contributed by atoms with Crippen LogP contribution in [0.15, 0.2) is 72.8 Å². The number of unbranched alkanes of at least 4 members (excludes halogenated alkanes) is 2. The molecule has 30 heavy (non-hydrogen) atoms. The number of amides is 1. The van der Waals surface area contributed by atoms with Gasteiger partial charge in [-0.2, -0.15) is 0 Å². The van der Waals surface area contributed by atoms with Crippen LogP contribution in [0.25, 0.3) is 0 Å². The zero-order valence-corrected chi connectivity index (χ0v) is 17.0. The molecule has 4 rings (SSSR count). The monoisotopic (exact) mass is 404 g/mol. The third-order valence-electron chi connectivity index (χ3n) is 5.24. The molecule has 3 aromatic carbocycles. The second-order valence-corrected chi connectivity index (χ2v) is 7.37. The molecule has 0 bridgehead atoms. The standard InChI is InChI=1S/C25H25FN2O2/c1-2-3-6-17-30-21-15-9-18(10-16-21)24-27-23-8-5-4-7-22(23)25(29)28(24)20-13-11-19(26)12-14-20/h4-5,7-16,24,27H,2-3,6,17H2,1H3/t24-/m0/s1. The number of hydrogen-bond acceptors (Lipinski definition) is 3. The number of nitrogens with zero attached hydrogens (tertiary/aromatic N) is 1. The molecular formula is C25H25FN2O2. The highest BCUT2D eigenvalue weighted by Crippen LogP contribution is 2.37. The number of anilines is 2. The largest absolute Gasteiger partial charge is 0.494 e. The summed E-state index contributed by atoms with van der Waals surface area (Å²) in [5.41, 5.74) is 2.93. The molecule has 1 heterocycles. The molecule has 1 aliphatic rings. The molecule has 0 fully saturated rings. The van der Waals surface area contributed by atoms with E-state index in [1.165, 1.54) is 12.1 Å². The van der Waals surface area contributed by atoms with Crippen LogP contribution in [0.4, 0.5) is 15.8 Å². The SMILES string of the molecule is CCCCCOc1ccc([C@H]2Nc3ccccc3C(=O)N2c2ccc(F)cc2)cc1. The van der Waals surface area contributed by atoms with E-state index in [1.54, 1.807) is 23.1 Å². The number of nitrogens with one attached hydrogen (secondary N) is 1. The Balaban J connectivity index is 1.64. The lowest BCUT2D eigenvalue weighted by molar-refractivity contribution is 0.0975. The Kier molecular flexibility index (Phi) is 5.98. The first-order valence-corrected chi connectivity index (χ1v) is 10.3. The minimum absolute atomic E-state index is 0.124. The minimum atomic E-state index is -0.410. The van der Waals surface area contributed by atoms with Gasteiger partial charge in [0.2, 0.25) is 0 Å². The molecule has 0 aliphatic carbocycles. The highest BCUT2D eigenvalue weighted by Gasteiger charge is 2.33. The molecule has 4 nitrogen and oxygen atoms in total. The maximum Gasteiger partial charge on any atom is 0.262 e. The van der Waals surface area contributed by atoms with Crippen LogP contribution in [0.3, 0.4) is 0 Å². The van der Waals surface area contributed by atoms with Crippen molar-refractivity contribution < 1.29 is 13.9 Å².